The van der Waals surface area contributed by atoms with Gasteiger partial charge in [0.1, 0.15) is 48.8 Å². The van der Waals surface area contributed by atoms with Crippen molar-refractivity contribution in [2.75, 3.05) is 19.8 Å². The van der Waals surface area contributed by atoms with E-state index in [0.717, 1.165) is 51.4 Å². The van der Waals surface area contributed by atoms with E-state index < -0.39 is 86.8 Å². The summed E-state index contributed by atoms with van der Waals surface area (Å²) in [5.41, 5.74) is 0. The third kappa shape index (κ3) is 32.1. The van der Waals surface area contributed by atoms with Crippen LogP contribution in [0.15, 0.2) is 97.2 Å². The van der Waals surface area contributed by atoms with Crippen LogP contribution >= 0.6 is 0 Å². The van der Waals surface area contributed by atoms with Gasteiger partial charge in [-0.15, -0.1) is 0 Å². The molecule has 0 aromatic carbocycles. The van der Waals surface area contributed by atoms with Gasteiger partial charge in [-0.2, -0.15) is 0 Å². The molecule has 9 N–H and O–H groups in total. The molecule has 0 aliphatic carbocycles. The summed E-state index contributed by atoms with van der Waals surface area (Å²) < 4.78 is 22.7. The van der Waals surface area contributed by atoms with Crippen LogP contribution in [0.25, 0.3) is 0 Å². The van der Waals surface area contributed by atoms with E-state index in [1.807, 2.05) is 18.2 Å². The van der Waals surface area contributed by atoms with Crippen LogP contribution in [-0.4, -0.2) is 140 Å². The Balaban J connectivity index is 1.80. The zero-order valence-electron chi connectivity index (χ0n) is 46.7. The van der Waals surface area contributed by atoms with Crippen LogP contribution in [0, 0.1) is 0 Å². The molecule has 436 valence electrons. The molecule has 0 aromatic heterocycles. The Morgan fingerprint density at radius 2 is 0.921 bits per heavy atom. The topological polar surface area (TPSA) is 228 Å². The van der Waals surface area contributed by atoms with Crippen LogP contribution in [0.1, 0.15) is 194 Å². The lowest BCUT2D eigenvalue weighted by Gasteiger charge is -2.46. The van der Waals surface area contributed by atoms with Gasteiger partial charge in [0.15, 0.2) is 12.6 Å². The number of carbonyl (C=O) groups excluding carboxylic acids is 1. The van der Waals surface area contributed by atoms with Gasteiger partial charge < -0.3 is 65.1 Å². The van der Waals surface area contributed by atoms with Crippen LogP contribution in [-0.2, 0) is 23.7 Å². The van der Waals surface area contributed by atoms with Crippen LogP contribution in [0.4, 0.5) is 0 Å². The van der Waals surface area contributed by atoms with E-state index in [1.165, 1.54) is 109 Å². The van der Waals surface area contributed by atoms with Gasteiger partial charge >= 0.3 is 0 Å². The number of hydrogen-bond donors (Lipinski definition) is 9. The van der Waals surface area contributed by atoms with Gasteiger partial charge in [-0.05, 0) is 70.6 Å². The van der Waals surface area contributed by atoms with Crippen molar-refractivity contribution >= 4 is 5.91 Å². The first kappa shape index (κ1) is 69.0. The van der Waals surface area contributed by atoms with E-state index in [2.05, 4.69) is 86.0 Å². The number of ether oxygens (including phenoxy) is 4. The fraction of sp³-hybridized carbons (Fsp3) is 0.726. The Kier molecular flexibility index (Phi) is 42.5. The molecule has 0 radical (unpaired) electrons. The van der Waals surface area contributed by atoms with Gasteiger partial charge in [0, 0.05) is 6.42 Å². The maximum absolute atomic E-state index is 13.1. The molecule has 0 bridgehead atoms. The number of unbranched alkanes of at least 4 members (excludes halogenated alkanes) is 19. The summed E-state index contributed by atoms with van der Waals surface area (Å²) in [7, 11) is 0. The molecule has 76 heavy (non-hydrogen) atoms. The maximum Gasteiger partial charge on any atom is 0.224 e. The summed E-state index contributed by atoms with van der Waals surface area (Å²) in [6, 6.07) is -0.999. The van der Waals surface area contributed by atoms with E-state index >= 15 is 0 Å². The molecule has 2 aliphatic heterocycles. The zero-order valence-corrected chi connectivity index (χ0v) is 46.7. The Labute approximate surface area is 458 Å². The third-order valence-electron chi connectivity index (χ3n) is 13.8. The molecule has 2 fully saturated rings. The zero-order chi connectivity index (χ0) is 55.3. The summed E-state index contributed by atoms with van der Waals surface area (Å²) >= 11 is 0. The lowest BCUT2D eigenvalue weighted by molar-refractivity contribution is -0.359. The van der Waals surface area contributed by atoms with E-state index in [4.69, 9.17) is 18.9 Å². The predicted octanol–water partition coefficient (Wildman–Crippen LogP) is 9.88. The molecular weight excluding hydrogens is 967 g/mol. The fourth-order valence-corrected chi connectivity index (χ4v) is 9.04. The van der Waals surface area contributed by atoms with E-state index in [0.29, 0.717) is 12.8 Å². The smallest absolute Gasteiger partial charge is 0.224 e. The van der Waals surface area contributed by atoms with E-state index in [9.17, 15) is 45.6 Å². The largest absolute Gasteiger partial charge is 0.394 e. The van der Waals surface area contributed by atoms with Crippen molar-refractivity contribution in [2.24, 2.45) is 0 Å². The minimum atomic E-state index is -1.81. The first-order valence-electron chi connectivity index (χ1n) is 29.5. The second-order valence-corrected chi connectivity index (χ2v) is 20.4. The number of allylic oxidation sites excluding steroid dienone is 14. The lowest BCUT2D eigenvalue weighted by atomic mass is 9.97. The van der Waals surface area contributed by atoms with Gasteiger partial charge in [0.2, 0.25) is 5.91 Å². The van der Waals surface area contributed by atoms with Crippen molar-refractivity contribution in [3.05, 3.63) is 97.2 Å². The molecule has 2 rings (SSSR count). The van der Waals surface area contributed by atoms with E-state index in [1.54, 1.807) is 12.2 Å². The molecule has 14 nitrogen and oxygen atoms in total. The maximum atomic E-state index is 13.1. The molecular formula is C62H105NO13. The van der Waals surface area contributed by atoms with Crippen molar-refractivity contribution < 1.29 is 64.6 Å². The number of rotatable bonds is 45. The quantitative estimate of drug-likeness (QED) is 0.0205. The van der Waals surface area contributed by atoms with Gasteiger partial charge in [0.05, 0.1) is 32.0 Å². The number of carbonyl (C=O) groups is 1. The molecule has 2 aliphatic rings. The first-order valence-corrected chi connectivity index (χ1v) is 29.5. The summed E-state index contributed by atoms with van der Waals surface area (Å²) in [6.45, 7) is 2.58. The standard InChI is InChI=1S/C62H105NO13/c1-3-5-7-9-11-13-15-17-19-20-21-22-23-24-25-26-27-28-29-30-32-33-35-37-39-41-43-45-51(66)50(63-54(67)46-44-42-40-38-36-34-31-18-16-14-12-10-8-6-4-2)49-73-61-59(72)57(70)60(53(48-65)75-61)76-62-58(71)56(69)55(68)52(47-64)74-62/h6,8,12,14,18,29-31,35-38,42-45,50-53,55-62,64-66,68-72H,3-5,7,9-11,13,15-17,19-28,32-34,39-41,46-49H2,1-2H3,(H,63,67)/b8-6-,14-12-,30-29+,31-18-,37-35+,38-36-,44-42-,45-43+. The second-order valence-electron chi connectivity index (χ2n) is 20.4. The first-order chi connectivity index (χ1) is 37.1. The molecule has 1 amide bonds. The van der Waals surface area contributed by atoms with Crippen LogP contribution in [0.2, 0.25) is 0 Å². The number of nitrogens with one attached hydrogen (secondary N) is 1. The summed E-state index contributed by atoms with van der Waals surface area (Å²) in [6.07, 6.45) is 47.8. The summed E-state index contributed by atoms with van der Waals surface area (Å²) in [5.74, 6) is -0.383. The predicted molar refractivity (Wildman–Crippen MR) is 304 cm³/mol. The van der Waals surface area contributed by atoms with Gasteiger partial charge in [-0.3, -0.25) is 4.79 Å². The highest BCUT2D eigenvalue weighted by atomic mass is 16.7. The van der Waals surface area contributed by atoms with Crippen molar-refractivity contribution in [2.45, 2.75) is 267 Å². The summed E-state index contributed by atoms with van der Waals surface area (Å²) in [5, 5.41) is 86.9. The highest BCUT2D eigenvalue weighted by Gasteiger charge is 2.51. The normalized spacial score (nSPS) is 25.6. The molecule has 14 heteroatoms. The van der Waals surface area contributed by atoms with Crippen molar-refractivity contribution in [3.63, 3.8) is 0 Å². The van der Waals surface area contributed by atoms with Crippen LogP contribution in [0.5, 0.6) is 0 Å². The molecule has 12 atom stereocenters. The Hall–Kier alpha value is -3.09. The van der Waals surface area contributed by atoms with Crippen molar-refractivity contribution in [1.82, 2.24) is 5.32 Å². The molecule has 12 unspecified atom stereocenters. The summed E-state index contributed by atoms with van der Waals surface area (Å²) in [4.78, 5) is 13.1. The fourth-order valence-electron chi connectivity index (χ4n) is 9.04. The number of aliphatic hydroxyl groups excluding tert-OH is 8. The average molecular weight is 1070 g/mol. The minimum absolute atomic E-state index is 0.0326. The van der Waals surface area contributed by atoms with Gasteiger partial charge in [0.25, 0.3) is 0 Å². The van der Waals surface area contributed by atoms with Gasteiger partial charge in [-0.25, -0.2) is 0 Å². The Morgan fingerprint density at radius 1 is 0.487 bits per heavy atom. The average Bonchev–Trinajstić information content (AvgIpc) is 3.42. The van der Waals surface area contributed by atoms with Crippen molar-refractivity contribution in [1.29, 1.82) is 0 Å². The molecule has 0 spiro atoms. The SMILES string of the molecule is CC/C=C\C/C=C\C/C=C\C/C=C\C/C=C\CC(=O)NC(COC1OC(CO)C(OC2OC(CO)C(O)C(O)C2O)C(O)C1O)C(O)/C=C/CC/C=C/CC/C=C/CCCCCCCCCCCCCCCCCCC. The molecule has 0 aromatic rings. The third-order valence-corrected chi connectivity index (χ3v) is 13.8. The van der Waals surface area contributed by atoms with Gasteiger partial charge in [-0.1, -0.05) is 214 Å². The van der Waals surface area contributed by atoms with E-state index in [-0.39, 0.29) is 18.9 Å². The number of hydrogen-bond acceptors (Lipinski definition) is 13. The minimum Gasteiger partial charge on any atom is -0.394 e. The second kappa shape index (κ2) is 46.8. The lowest BCUT2D eigenvalue weighted by Crippen LogP contribution is -2.65. The van der Waals surface area contributed by atoms with Crippen LogP contribution in [0.3, 0.4) is 0 Å². The molecule has 2 saturated heterocycles. The highest BCUT2D eigenvalue weighted by molar-refractivity contribution is 5.77. The van der Waals surface area contributed by atoms with Crippen molar-refractivity contribution in [3.8, 4) is 0 Å². The number of amides is 1. The monoisotopic (exact) mass is 1070 g/mol. The molecule has 2 heterocycles. The number of aliphatic hydroxyl groups is 8. The molecule has 0 saturated carbocycles. The van der Waals surface area contributed by atoms with Crippen LogP contribution < -0.4 is 5.32 Å². The highest BCUT2D eigenvalue weighted by Crippen LogP contribution is 2.30. The Morgan fingerprint density at radius 3 is 1.42 bits per heavy atom. The Bertz CT molecular complexity index is 1640.